The van der Waals surface area contributed by atoms with Gasteiger partial charge in [0, 0.05) is 49.0 Å². The van der Waals surface area contributed by atoms with Crippen LogP contribution in [0, 0.1) is 22.6 Å². The van der Waals surface area contributed by atoms with Crippen molar-refractivity contribution in [2.75, 3.05) is 42.3 Å². The fraction of sp³-hybridized carbons (Fsp3) is 0.468. The Morgan fingerprint density at radius 3 is 2.10 bits per heavy atom. The van der Waals surface area contributed by atoms with Crippen molar-refractivity contribution in [2.45, 2.75) is 97.9 Å². The van der Waals surface area contributed by atoms with Crippen molar-refractivity contribution in [1.82, 2.24) is 15.6 Å². The second-order valence-corrected chi connectivity index (χ2v) is 17.1. The summed E-state index contributed by atoms with van der Waals surface area (Å²) in [6.45, 7) is 10.1. The number of aromatic nitrogens is 1. The standard InChI is InChI=1S/C47H59FN6O6/c1-6-49-43(56)42(46(2,3)4)53-41(55)12-10-8-7-9-11-31-22-27-54(28-23-31)38-30-37-36(29-40(38)59-5)39(21-26-50-37)60-35-19-17-34(18-20-35)52-45(58)47(24-25-47)44(57)51-33-15-13-32(48)14-16-33/h13-21,26,29-31,42H,6-12,22-25,27-28H2,1-5H3,(H,49,56)(H,51,57)(H,52,58)(H,53,55)/t42-/m1/s1. The number of nitrogens with one attached hydrogen (secondary N) is 4. The number of fused-ring (bicyclic) bond motifs is 1. The summed E-state index contributed by atoms with van der Waals surface area (Å²) in [6.07, 6.45) is 10.4. The molecule has 1 atom stereocenters. The van der Waals surface area contributed by atoms with E-state index in [9.17, 15) is 23.6 Å². The summed E-state index contributed by atoms with van der Waals surface area (Å²) in [6, 6.07) is 17.7. The van der Waals surface area contributed by atoms with Crippen LogP contribution in [0.25, 0.3) is 10.9 Å². The number of pyridine rings is 1. The molecule has 3 aromatic carbocycles. The van der Waals surface area contributed by atoms with E-state index in [1.54, 1.807) is 37.6 Å². The molecule has 1 aromatic heterocycles. The molecule has 1 saturated heterocycles. The van der Waals surface area contributed by atoms with Gasteiger partial charge >= 0.3 is 0 Å². The van der Waals surface area contributed by atoms with E-state index in [-0.39, 0.29) is 23.1 Å². The maximum atomic E-state index is 13.3. The minimum absolute atomic E-state index is 0.0654. The predicted molar refractivity (Wildman–Crippen MR) is 233 cm³/mol. The molecule has 0 spiro atoms. The van der Waals surface area contributed by atoms with Gasteiger partial charge in [0.2, 0.25) is 23.6 Å². The van der Waals surface area contributed by atoms with Gasteiger partial charge in [0.1, 0.15) is 34.5 Å². The molecule has 2 aliphatic rings. The van der Waals surface area contributed by atoms with E-state index in [1.807, 2.05) is 39.8 Å². The molecule has 2 heterocycles. The van der Waals surface area contributed by atoms with Crippen molar-refractivity contribution < 1.29 is 33.0 Å². The van der Waals surface area contributed by atoms with Crippen molar-refractivity contribution >= 4 is 51.6 Å². The number of amides is 4. The van der Waals surface area contributed by atoms with Crippen LogP contribution in [-0.2, 0) is 19.2 Å². The van der Waals surface area contributed by atoms with Crippen molar-refractivity contribution in [3.8, 4) is 17.2 Å². The number of piperidine rings is 1. The molecule has 1 aliphatic carbocycles. The molecule has 4 amide bonds. The molecule has 60 heavy (non-hydrogen) atoms. The van der Waals surface area contributed by atoms with E-state index < -0.39 is 23.2 Å². The second kappa shape index (κ2) is 19.6. The number of anilines is 3. The third kappa shape index (κ3) is 11.1. The lowest BCUT2D eigenvalue weighted by Crippen LogP contribution is -2.53. The summed E-state index contributed by atoms with van der Waals surface area (Å²) in [7, 11) is 1.68. The van der Waals surface area contributed by atoms with E-state index >= 15 is 0 Å². The number of ether oxygens (including phenoxy) is 2. The van der Waals surface area contributed by atoms with Crippen LogP contribution in [0.2, 0.25) is 0 Å². The summed E-state index contributed by atoms with van der Waals surface area (Å²) in [5.41, 5.74) is 1.24. The summed E-state index contributed by atoms with van der Waals surface area (Å²) < 4.78 is 25.5. The van der Waals surface area contributed by atoms with Crippen molar-refractivity contribution in [1.29, 1.82) is 0 Å². The largest absolute Gasteiger partial charge is 0.495 e. The molecule has 1 saturated carbocycles. The summed E-state index contributed by atoms with van der Waals surface area (Å²) in [5, 5.41) is 12.2. The molecule has 0 bridgehead atoms. The highest BCUT2D eigenvalue weighted by Crippen LogP contribution is 2.48. The third-order valence-corrected chi connectivity index (χ3v) is 11.6. The van der Waals surface area contributed by atoms with E-state index in [1.165, 1.54) is 30.7 Å². The molecule has 320 valence electrons. The number of hydrogen-bond donors (Lipinski definition) is 4. The van der Waals surface area contributed by atoms with Gasteiger partial charge in [0.05, 0.1) is 18.3 Å². The molecule has 4 aromatic rings. The number of likely N-dealkylation sites (N-methyl/N-ethyl adjacent to an activating group) is 1. The van der Waals surface area contributed by atoms with Gasteiger partial charge in [-0.2, -0.15) is 0 Å². The average Bonchev–Trinajstić information content (AvgIpc) is 4.05. The lowest BCUT2D eigenvalue weighted by molar-refractivity contribution is -0.131. The zero-order chi connectivity index (χ0) is 42.9. The Hall–Kier alpha value is -5.72. The van der Waals surface area contributed by atoms with E-state index in [0.717, 1.165) is 74.0 Å². The second-order valence-electron chi connectivity index (χ2n) is 17.1. The fourth-order valence-corrected chi connectivity index (χ4v) is 7.81. The van der Waals surface area contributed by atoms with Crippen molar-refractivity contribution in [2.24, 2.45) is 16.7 Å². The van der Waals surface area contributed by atoms with Crippen LogP contribution in [0.15, 0.2) is 72.9 Å². The van der Waals surface area contributed by atoms with Gasteiger partial charge in [0.25, 0.3) is 0 Å². The molecule has 0 radical (unpaired) electrons. The Balaban J connectivity index is 0.961. The van der Waals surface area contributed by atoms with Crippen LogP contribution in [0.4, 0.5) is 21.5 Å². The van der Waals surface area contributed by atoms with Gasteiger partial charge in [-0.15, -0.1) is 0 Å². The lowest BCUT2D eigenvalue weighted by atomic mass is 9.86. The predicted octanol–water partition coefficient (Wildman–Crippen LogP) is 8.76. The van der Waals surface area contributed by atoms with Gasteiger partial charge in [0.15, 0.2) is 0 Å². The van der Waals surface area contributed by atoms with Crippen LogP contribution in [0.1, 0.15) is 91.9 Å². The highest BCUT2D eigenvalue weighted by Gasteiger charge is 2.56. The monoisotopic (exact) mass is 822 g/mol. The molecule has 0 unspecified atom stereocenters. The number of halogens is 1. The van der Waals surface area contributed by atoms with Crippen LogP contribution in [0.3, 0.4) is 0 Å². The maximum Gasteiger partial charge on any atom is 0.243 e. The Morgan fingerprint density at radius 2 is 1.50 bits per heavy atom. The van der Waals surface area contributed by atoms with Crippen LogP contribution in [-0.4, -0.2) is 61.4 Å². The van der Waals surface area contributed by atoms with Crippen LogP contribution in [0.5, 0.6) is 17.2 Å². The Kier molecular flexibility index (Phi) is 14.3. The number of hydrogen-bond acceptors (Lipinski definition) is 8. The number of benzene rings is 3. The quantitative estimate of drug-likeness (QED) is 0.0575. The van der Waals surface area contributed by atoms with Crippen LogP contribution >= 0.6 is 0 Å². The summed E-state index contributed by atoms with van der Waals surface area (Å²) in [4.78, 5) is 58.3. The minimum atomic E-state index is -1.16. The Bertz CT molecular complexity index is 2130. The Morgan fingerprint density at radius 1 is 0.867 bits per heavy atom. The topological polar surface area (TPSA) is 151 Å². The molecule has 2 fully saturated rings. The Labute approximate surface area is 352 Å². The molecule has 4 N–H and O–H groups in total. The molecule has 1 aliphatic heterocycles. The maximum absolute atomic E-state index is 13.3. The number of methoxy groups -OCH3 is 1. The van der Waals surface area contributed by atoms with Crippen LogP contribution < -0.4 is 35.6 Å². The minimum Gasteiger partial charge on any atom is -0.495 e. The number of nitrogens with zero attached hydrogens (tertiary/aromatic N) is 2. The smallest absolute Gasteiger partial charge is 0.243 e. The number of unbranched alkanes of at least 4 members (excludes halogenated alkanes) is 3. The molecule has 13 heteroatoms. The van der Waals surface area contributed by atoms with Gasteiger partial charge in [-0.05, 0) is 117 Å². The number of carbonyl (C=O) groups is 4. The molecular formula is C47H59FN6O6. The molecule has 6 rings (SSSR count). The summed E-state index contributed by atoms with van der Waals surface area (Å²) >= 11 is 0. The zero-order valence-corrected chi connectivity index (χ0v) is 35.5. The van der Waals surface area contributed by atoms with Gasteiger partial charge in [-0.25, -0.2) is 4.39 Å². The van der Waals surface area contributed by atoms with Crippen molar-refractivity contribution in [3.63, 3.8) is 0 Å². The fourth-order valence-electron chi connectivity index (χ4n) is 7.81. The zero-order valence-electron chi connectivity index (χ0n) is 35.5. The number of carbonyl (C=O) groups excluding carboxylic acids is 4. The molecule has 12 nitrogen and oxygen atoms in total. The summed E-state index contributed by atoms with van der Waals surface area (Å²) in [5.74, 6) is 1.17. The highest BCUT2D eigenvalue weighted by molar-refractivity contribution is 6.17. The van der Waals surface area contributed by atoms with Crippen molar-refractivity contribution in [3.05, 3.63) is 78.7 Å². The lowest BCUT2D eigenvalue weighted by Gasteiger charge is -2.34. The first-order valence-corrected chi connectivity index (χ1v) is 21.2. The third-order valence-electron chi connectivity index (χ3n) is 11.6. The SMILES string of the molecule is CCNC(=O)[C@@H](NC(=O)CCCCCCC1CCN(c2cc3nccc(Oc4ccc(NC(=O)C5(C(=O)Nc6ccc(F)cc6)CC5)cc4)c3cc2OC)CC1)C(C)(C)C. The first-order chi connectivity index (χ1) is 28.8. The normalized spacial score (nSPS) is 15.5. The van der Waals surface area contributed by atoms with E-state index in [2.05, 4.69) is 37.2 Å². The van der Waals surface area contributed by atoms with Gasteiger partial charge in [-0.1, -0.05) is 46.5 Å². The first kappa shape index (κ1) is 43.8. The average molecular weight is 823 g/mol. The number of rotatable bonds is 18. The van der Waals surface area contributed by atoms with Gasteiger partial charge < -0.3 is 35.6 Å². The highest BCUT2D eigenvalue weighted by atomic mass is 19.1. The van der Waals surface area contributed by atoms with E-state index in [4.69, 9.17) is 9.47 Å². The van der Waals surface area contributed by atoms with Gasteiger partial charge in [-0.3, -0.25) is 24.2 Å². The van der Waals surface area contributed by atoms with E-state index in [0.29, 0.717) is 54.6 Å². The first-order valence-electron chi connectivity index (χ1n) is 21.2. The molecular weight excluding hydrogens is 764 g/mol.